The predicted octanol–water partition coefficient (Wildman–Crippen LogP) is 2.40. The normalized spacial score (nSPS) is 45.5. The highest BCUT2D eigenvalue weighted by molar-refractivity contribution is 6.20. The molecule has 6 heteroatoms. The van der Waals surface area contributed by atoms with Gasteiger partial charge in [-0.1, -0.05) is 12.8 Å². The maximum Gasteiger partial charge on any atom is 0.224 e. The third kappa shape index (κ3) is 4.06. The van der Waals surface area contributed by atoms with Crippen LogP contribution in [0, 0.1) is 11.8 Å². The summed E-state index contributed by atoms with van der Waals surface area (Å²) in [6, 6.07) is 0.798. The number of piperidine rings is 2. The van der Waals surface area contributed by atoms with Crippen LogP contribution < -0.4 is 16.0 Å². The lowest BCUT2D eigenvalue weighted by Crippen LogP contribution is -2.60. The second-order valence-electron chi connectivity index (χ2n) is 8.95. The average molecular weight is 383 g/mol. The van der Waals surface area contributed by atoms with Gasteiger partial charge in [0.15, 0.2) is 0 Å². The van der Waals surface area contributed by atoms with Gasteiger partial charge in [-0.2, -0.15) is 0 Å². The van der Waals surface area contributed by atoms with Gasteiger partial charge in [0.1, 0.15) is 0 Å². The van der Waals surface area contributed by atoms with Gasteiger partial charge >= 0.3 is 0 Å². The molecule has 4 saturated heterocycles. The van der Waals surface area contributed by atoms with E-state index in [-0.39, 0.29) is 29.4 Å². The molecule has 148 valence electrons. The first kappa shape index (κ1) is 19.0. The first-order valence-electron chi connectivity index (χ1n) is 10.8. The summed E-state index contributed by atoms with van der Waals surface area (Å²) in [4.78, 5) is 15.7. The predicted molar refractivity (Wildman–Crippen MR) is 105 cm³/mol. The molecule has 4 rings (SSSR count). The van der Waals surface area contributed by atoms with Crippen molar-refractivity contribution < 1.29 is 4.79 Å². The minimum Gasteiger partial charge on any atom is -0.352 e. The van der Waals surface area contributed by atoms with Crippen molar-refractivity contribution in [3.05, 3.63) is 0 Å². The van der Waals surface area contributed by atoms with Gasteiger partial charge in [0.05, 0.1) is 17.6 Å². The van der Waals surface area contributed by atoms with Crippen molar-refractivity contribution >= 4 is 17.5 Å². The Hall–Kier alpha value is -0.360. The Balaban J connectivity index is 1.47. The minimum atomic E-state index is 0.0164. The quantitative estimate of drug-likeness (QED) is 0.445. The van der Waals surface area contributed by atoms with E-state index in [1.807, 2.05) is 0 Å². The Morgan fingerprint density at radius 1 is 0.923 bits per heavy atom. The lowest BCUT2D eigenvalue weighted by molar-refractivity contribution is -0.127. The summed E-state index contributed by atoms with van der Waals surface area (Å²) in [5, 5.41) is 10.7. The van der Waals surface area contributed by atoms with Crippen LogP contribution in [0.4, 0.5) is 0 Å². The topological polar surface area (TPSA) is 56.4 Å². The average Bonchev–Trinajstić information content (AvgIpc) is 3.03. The number of alkyl halides is 1. The van der Waals surface area contributed by atoms with E-state index >= 15 is 0 Å². The number of hydrogen-bond acceptors (Lipinski definition) is 4. The van der Waals surface area contributed by atoms with Gasteiger partial charge in [0.2, 0.25) is 5.91 Å². The highest BCUT2D eigenvalue weighted by atomic mass is 35.5. The molecule has 4 heterocycles. The molecule has 0 aromatic carbocycles. The number of hydrogen-bond donors (Lipinski definition) is 3. The molecule has 6 unspecified atom stereocenters. The van der Waals surface area contributed by atoms with E-state index in [2.05, 4.69) is 27.8 Å². The fourth-order valence-electron chi connectivity index (χ4n) is 5.66. The lowest BCUT2D eigenvalue weighted by Gasteiger charge is -2.41. The molecule has 7 atom stereocenters. The van der Waals surface area contributed by atoms with E-state index < -0.39 is 0 Å². The second-order valence-corrected chi connectivity index (χ2v) is 9.48. The molecule has 0 radical (unpaired) electrons. The number of carbonyl (C=O) groups is 1. The van der Waals surface area contributed by atoms with Gasteiger partial charge in [-0.05, 0) is 64.3 Å². The van der Waals surface area contributed by atoms with Crippen LogP contribution in [0.5, 0.6) is 0 Å². The van der Waals surface area contributed by atoms with E-state index in [1.54, 1.807) is 0 Å². The van der Waals surface area contributed by atoms with Crippen LogP contribution in [0.15, 0.2) is 0 Å². The Labute approximate surface area is 163 Å². The fraction of sp³-hybridized carbons (Fsp3) is 0.950. The molecule has 3 N–H and O–H groups in total. The van der Waals surface area contributed by atoms with Gasteiger partial charge in [-0.3, -0.25) is 20.3 Å². The Morgan fingerprint density at radius 3 is 2.69 bits per heavy atom. The van der Waals surface area contributed by atoms with Gasteiger partial charge in [-0.25, -0.2) is 0 Å². The fourth-order valence-corrected chi connectivity index (χ4v) is 5.94. The number of carbonyl (C=O) groups excluding carboxylic acids is 1. The maximum atomic E-state index is 13.0. The Morgan fingerprint density at radius 2 is 1.81 bits per heavy atom. The SMILES string of the molecule is C[C@H]1NC(=O)C2CCC(Cl)NC2CCCCCN2CCC3CCC1NC32. The smallest absolute Gasteiger partial charge is 0.224 e. The van der Waals surface area contributed by atoms with Crippen LogP contribution in [0.25, 0.3) is 0 Å². The summed E-state index contributed by atoms with van der Waals surface area (Å²) in [5.74, 6) is 1.09. The lowest BCUT2D eigenvalue weighted by atomic mass is 9.85. The first-order chi connectivity index (χ1) is 12.6. The molecule has 0 aromatic heterocycles. The Kier molecular flexibility index (Phi) is 6.09. The standard InChI is InChI=1S/C20H35ClN4O/c1-13-16-8-6-14-10-12-25(19(14)24-16)11-4-2-3-5-17-15(20(26)22-13)7-9-18(21)23-17/h13-19,23-24H,2-12H2,1H3,(H,22,26)/t13-,14?,15?,16?,17?,18?,19?/m1/s1. The summed E-state index contributed by atoms with van der Waals surface area (Å²) in [6.45, 7) is 4.62. The monoisotopic (exact) mass is 382 g/mol. The van der Waals surface area contributed by atoms with Crippen LogP contribution in [-0.2, 0) is 4.79 Å². The zero-order chi connectivity index (χ0) is 18.1. The van der Waals surface area contributed by atoms with E-state index in [1.165, 1.54) is 51.6 Å². The number of halogens is 1. The van der Waals surface area contributed by atoms with E-state index in [0.717, 1.165) is 25.2 Å². The summed E-state index contributed by atoms with van der Waals surface area (Å²) >= 11 is 6.34. The molecular weight excluding hydrogens is 348 g/mol. The van der Waals surface area contributed by atoms with Crippen LogP contribution in [0.2, 0.25) is 0 Å². The first-order valence-corrected chi connectivity index (χ1v) is 11.3. The molecule has 0 aromatic rings. The van der Waals surface area contributed by atoms with Crippen LogP contribution in [0.3, 0.4) is 0 Å². The summed E-state index contributed by atoms with van der Waals surface area (Å²) < 4.78 is 0. The number of nitrogens with one attached hydrogen (secondary N) is 3. The summed E-state index contributed by atoms with van der Waals surface area (Å²) in [7, 11) is 0. The molecule has 5 nitrogen and oxygen atoms in total. The summed E-state index contributed by atoms with van der Waals surface area (Å²) in [5.41, 5.74) is 0.0164. The molecule has 4 aliphatic heterocycles. The van der Waals surface area contributed by atoms with Gasteiger partial charge in [-0.15, -0.1) is 11.6 Å². The highest BCUT2D eigenvalue weighted by Gasteiger charge is 2.41. The molecule has 0 aliphatic carbocycles. The molecule has 1 amide bonds. The zero-order valence-corrected chi connectivity index (χ0v) is 16.8. The number of fused-ring (bicyclic) bond motifs is 2. The molecule has 26 heavy (non-hydrogen) atoms. The van der Waals surface area contributed by atoms with E-state index in [4.69, 9.17) is 11.6 Å². The van der Waals surface area contributed by atoms with Gasteiger partial charge < -0.3 is 5.32 Å². The number of rotatable bonds is 0. The van der Waals surface area contributed by atoms with Crippen molar-refractivity contribution in [1.29, 1.82) is 0 Å². The molecule has 0 saturated carbocycles. The van der Waals surface area contributed by atoms with Crippen LogP contribution in [-0.4, -0.2) is 53.7 Å². The van der Waals surface area contributed by atoms with Crippen molar-refractivity contribution in [2.45, 2.75) is 94.5 Å². The zero-order valence-electron chi connectivity index (χ0n) is 16.1. The summed E-state index contributed by atoms with van der Waals surface area (Å²) in [6.07, 6.45) is 10.8. The van der Waals surface area contributed by atoms with Crippen LogP contribution >= 0.6 is 11.6 Å². The molecule has 0 spiro atoms. The Bertz CT molecular complexity index is 504. The largest absolute Gasteiger partial charge is 0.352 e. The number of amides is 1. The van der Waals surface area contributed by atoms with Crippen LogP contribution in [0.1, 0.15) is 64.7 Å². The van der Waals surface area contributed by atoms with E-state index in [9.17, 15) is 4.79 Å². The van der Waals surface area contributed by atoms with Crippen molar-refractivity contribution in [3.8, 4) is 0 Å². The highest BCUT2D eigenvalue weighted by Crippen LogP contribution is 2.33. The van der Waals surface area contributed by atoms with Gasteiger partial charge in [0, 0.05) is 24.7 Å². The third-order valence-electron chi connectivity index (χ3n) is 7.24. The molecule has 4 fully saturated rings. The minimum absolute atomic E-state index is 0.0164. The van der Waals surface area contributed by atoms with Gasteiger partial charge in [0.25, 0.3) is 0 Å². The third-order valence-corrected chi connectivity index (χ3v) is 7.59. The molecule has 2 bridgehead atoms. The maximum absolute atomic E-state index is 13.0. The van der Waals surface area contributed by atoms with Crippen molar-refractivity contribution in [3.63, 3.8) is 0 Å². The van der Waals surface area contributed by atoms with Crippen molar-refractivity contribution in [1.82, 2.24) is 20.9 Å². The number of nitrogens with zero attached hydrogens (tertiary/aromatic N) is 1. The van der Waals surface area contributed by atoms with Crippen molar-refractivity contribution in [2.75, 3.05) is 13.1 Å². The van der Waals surface area contributed by atoms with Crippen molar-refractivity contribution in [2.24, 2.45) is 11.8 Å². The molecular formula is C20H35ClN4O. The molecule has 4 aliphatic rings. The van der Waals surface area contributed by atoms with E-state index in [0.29, 0.717) is 12.2 Å². The second kappa shape index (κ2) is 8.34.